The van der Waals surface area contributed by atoms with E-state index in [0.29, 0.717) is 19.8 Å². The van der Waals surface area contributed by atoms with Crippen LogP contribution in [0.15, 0.2) is 24.3 Å². The molecule has 0 aromatic heterocycles. The quantitative estimate of drug-likeness (QED) is 0.749. The molecule has 5 nitrogen and oxygen atoms in total. The van der Waals surface area contributed by atoms with E-state index in [-0.39, 0.29) is 12.1 Å². The highest BCUT2D eigenvalue weighted by atomic mass is 16.5. The molecule has 0 radical (unpaired) electrons. The summed E-state index contributed by atoms with van der Waals surface area (Å²) in [4.78, 5) is 13.5. The SMILES string of the molecule is COC[C@H](C)NC(=O)N(C)CCCOc1ccccc1C. The molecule has 5 heteroatoms. The molecule has 0 aliphatic heterocycles. The lowest BCUT2D eigenvalue weighted by atomic mass is 10.2. The number of benzene rings is 1. The number of hydrogen-bond donors (Lipinski definition) is 1. The molecule has 0 saturated carbocycles. The minimum atomic E-state index is -0.0876. The van der Waals surface area contributed by atoms with Crippen LogP contribution in [0.25, 0.3) is 0 Å². The van der Waals surface area contributed by atoms with E-state index >= 15 is 0 Å². The largest absolute Gasteiger partial charge is 0.493 e. The van der Waals surface area contributed by atoms with E-state index in [1.54, 1.807) is 19.1 Å². The van der Waals surface area contributed by atoms with Crippen molar-refractivity contribution in [2.75, 3.05) is 33.9 Å². The molecule has 0 unspecified atom stereocenters. The predicted octanol–water partition coefficient (Wildman–Crippen LogP) is 2.44. The summed E-state index contributed by atoms with van der Waals surface area (Å²) in [5.41, 5.74) is 1.12. The van der Waals surface area contributed by atoms with Gasteiger partial charge in [-0.05, 0) is 31.9 Å². The Balaban J connectivity index is 2.22. The van der Waals surface area contributed by atoms with Gasteiger partial charge in [0, 0.05) is 20.7 Å². The summed E-state index contributed by atoms with van der Waals surface area (Å²) in [5.74, 6) is 0.901. The van der Waals surface area contributed by atoms with Gasteiger partial charge < -0.3 is 19.7 Å². The average molecular weight is 294 g/mol. The van der Waals surface area contributed by atoms with Gasteiger partial charge in [0.25, 0.3) is 0 Å². The molecule has 0 aliphatic carbocycles. The van der Waals surface area contributed by atoms with Crippen LogP contribution in [0.5, 0.6) is 5.75 Å². The van der Waals surface area contributed by atoms with Gasteiger partial charge in [0.2, 0.25) is 0 Å². The predicted molar refractivity (Wildman–Crippen MR) is 83.8 cm³/mol. The van der Waals surface area contributed by atoms with Crippen LogP contribution in [0, 0.1) is 6.92 Å². The second-order valence-electron chi connectivity index (χ2n) is 5.19. The molecule has 0 spiro atoms. The number of hydrogen-bond acceptors (Lipinski definition) is 3. The third-order valence-electron chi connectivity index (χ3n) is 3.12. The molecule has 1 atom stereocenters. The highest BCUT2D eigenvalue weighted by molar-refractivity contribution is 5.74. The van der Waals surface area contributed by atoms with Gasteiger partial charge in [-0.3, -0.25) is 0 Å². The van der Waals surface area contributed by atoms with Crippen LogP contribution in [0.2, 0.25) is 0 Å². The second kappa shape index (κ2) is 9.23. The van der Waals surface area contributed by atoms with E-state index in [1.807, 2.05) is 38.1 Å². The Hall–Kier alpha value is -1.75. The molecule has 0 fully saturated rings. The van der Waals surface area contributed by atoms with Crippen molar-refractivity contribution in [3.8, 4) is 5.75 Å². The third kappa shape index (κ3) is 6.49. The number of para-hydroxylation sites is 1. The number of methoxy groups -OCH3 is 1. The topological polar surface area (TPSA) is 50.8 Å². The average Bonchev–Trinajstić information content (AvgIpc) is 2.45. The first-order valence-corrected chi connectivity index (χ1v) is 7.23. The van der Waals surface area contributed by atoms with Gasteiger partial charge in [0.1, 0.15) is 5.75 Å². The van der Waals surface area contributed by atoms with Crippen molar-refractivity contribution in [3.63, 3.8) is 0 Å². The van der Waals surface area contributed by atoms with Crippen LogP contribution in [-0.4, -0.2) is 50.9 Å². The first-order chi connectivity index (χ1) is 10.0. The highest BCUT2D eigenvalue weighted by Gasteiger charge is 2.11. The number of aryl methyl sites for hydroxylation is 1. The van der Waals surface area contributed by atoms with Gasteiger partial charge in [-0.15, -0.1) is 0 Å². The Labute approximate surface area is 127 Å². The summed E-state index contributed by atoms with van der Waals surface area (Å²) in [7, 11) is 3.40. The van der Waals surface area contributed by atoms with Crippen molar-refractivity contribution in [2.45, 2.75) is 26.3 Å². The molecule has 0 bridgehead atoms. The molecule has 21 heavy (non-hydrogen) atoms. The molecule has 1 rings (SSSR count). The summed E-state index contributed by atoms with van der Waals surface area (Å²) in [5, 5.41) is 2.87. The number of urea groups is 1. The molecule has 0 aliphatic rings. The lowest BCUT2D eigenvalue weighted by Gasteiger charge is -2.21. The molecule has 0 saturated heterocycles. The summed E-state index contributed by atoms with van der Waals surface area (Å²) in [6.07, 6.45) is 0.789. The van der Waals surface area contributed by atoms with E-state index in [1.165, 1.54) is 0 Å². The molecule has 1 aromatic rings. The number of amides is 2. The van der Waals surface area contributed by atoms with Crippen LogP contribution in [0.3, 0.4) is 0 Å². The maximum atomic E-state index is 11.9. The van der Waals surface area contributed by atoms with Gasteiger partial charge in [-0.1, -0.05) is 18.2 Å². The van der Waals surface area contributed by atoms with E-state index < -0.39 is 0 Å². The molecule has 1 N–H and O–H groups in total. The monoisotopic (exact) mass is 294 g/mol. The van der Waals surface area contributed by atoms with Gasteiger partial charge in [0.05, 0.1) is 19.3 Å². The zero-order valence-corrected chi connectivity index (χ0v) is 13.4. The fourth-order valence-corrected chi connectivity index (χ4v) is 1.92. The number of nitrogens with zero attached hydrogens (tertiary/aromatic N) is 1. The van der Waals surface area contributed by atoms with Gasteiger partial charge in [-0.2, -0.15) is 0 Å². The van der Waals surface area contributed by atoms with Gasteiger partial charge in [-0.25, -0.2) is 4.79 Å². The zero-order chi connectivity index (χ0) is 15.7. The molecule has 118 valence electrons. The van der Waals surface area contributed by atoms with Crippen LogP contribution < -0.4 is 10.1 Å². The Morgan fingerprint density at radius 1 is 1.38 bits per heavy atom. The number of carbonyl (C=O) groups is 1. The van der Waals surface area contributed by atoms with Crippen LogP contribution in [0.1, 0.15) is 18.9 Å². The number of ether oxygens (including phenoxy) is 2. The van der Waals surface area contributed by atoms with E-state index in [4.69, 9.17) is 9.47 Å². The Morgan fingerprint density at radius 3 is 2.76 bits per heavy atom. The van der Waals surface area contributed by atoms with E-state index in [2.05, 4.69) is 5.32 Å². The second-order valence-corrected chi connectivity index (χ2v) is 5.19. The standard InChI is InChI=1S/C16H26N2O3/c1-13-8-5-6-9-15(13)21-11-7-10-18(3)16(19)17-14(2)12-20-4/h5-6,8-9,14H,7,10-12H2,1-4H3,(H,17,19)/t14-/m0/s1. The van der Waals surface area contributed by atoms with Crippen molar-refractivity contribution in [1.82, 2.24) is 10.2 Å². The Kier molecular flexibility index (Phi) is 7.61. The maximum absolute atomic E-state index is 11.9. The fourth-order valence-electron chi connectivity index (χ4n) is 1.92. The third-order valence-corrected chi connectivity index (χ3v) is 3.12. The van der Waals surface area contributed by atoms with Gasteiger partial charge >= 0.3 is 6.03 Å². The summed E-state index contributed by atoms with van der Waals surface area (Å²) in [6.45, 7) is 5.69. The van der Waals surface area contributed by atoms with Gasteiger partial charge in [0.15, 0.2) is 0 Å². The summed E-state index contributed by atoms with van der Waals surface area (Å²) < 4.78 is 10.7. The number of rotatable bonds is 8. The molecule has 0 heterocycles. The van der Waals surface area contributed by atoms with Crippen LogP contribution in [-0.2, 0) is 4.74 Å². The smallest absolute Gasteiger partial charge is 0.317 e. The fraction of sp³-hybridized carbons (Fsp3) is 0.562. The molecular formula is C16H26N2O3. The van der Waals surface area contributed by atoms with Crippen molar-refractivity contribution in [2.24, 2.45) is 0 Å². The summed E-state index contributed by atoms with van der Waals surface area (Å²) >= 11 is 0. The minimum absolute atomic E-state index is 0.00756. The molecule has 1 aromatic carbocycles. The van der Waals surface area contributed by atoms with Crippen molar-refractivity contribution < 1.29 is 14.3 Å². The molecule has 2 amide bonds. The minimum Gasteiger partial charge on any atom is -0.493 e. The van der Waals surface area contributed by atoms with E-state index in [0.717, 1.165) is 17.7 Å². The normalized spacial score (nSPS) is 11.8. The molecular weight excluding hydrogens is 268 g/mol. The van der Waals surface area contributed by atoms with E-state index in [9.17, 15) is 4.79 Å². The van der Waals surface area contributed by atoms with Crippen molar-refractivity contribution in [1.29, 1.82) is 0 Å². The Bertz CT molecular complexity index is 437. The summed E-state index contributed by atoms with van der Waals surface area (Å²) in [6, 6.07) is 7.84. The first-order valence-electron chi connectivity index (χ1n) is 7.23. The van der Waals surface area contributed by atoms with Crippen LogP contribution >= 0.6 is 0 Å². The lowest BCUT2D eigenvalue weighted by Crippen LogP contribution is -2.44. The van der Waals surface area contributed by atoms with Crippen LogP contribution in [0.4, 0.5) is 4.79 Å². The zero-order valence-electron chi connectivity index (χ0n) is 13.4. The van der Waals surface area contributed by atoms with Crippen molar-refractivity contribution >= 4 is 6.03 Å². The first kappa shape index (κ1) is 17.3. The maximum Gasteiger partial charge on any atom is 0.317 e. The van der Waals surface area contributed by atoms with Crippen molar-refractivity contribution in [3.05, 3.63) is 29.8 Å². The highest BCUT2D eigenvalue weighted by Crippen LogP contribution is 2.16. The number of carbonyl (C=O) groups excluding carboxylic acids is 1. The Morgan fingerprint density at radius 2 is 2.10 bits per heavy atom. The lowest BCUT2D eigenvalue weighted by molar-refractivity contribution is 0.161. The number of nitrogens with one attached hydrogen (secondary N) is 1.